The van der Waals surface area contributed by atoms with Gasteiger partial charge in [-0.05, 0) is 196 Å². The van der Waals surface area contributed by atoms with Crippen molar-refractivity contribution >= 4 is 184 Å². The van der Waals surface area contributed by atoms with Crippen molar-refractivity contribution in [3.8, 4) is 44.5 Å². The first-order valence-electron chi connectivity index (χ1n) is 48.3. The van der Waals surface area contributed by atoms with E-state index in [2.05, 4.69) is 0 Å². The number of benzene rings is 9. The van der Waals surface area contributed by atoms with Crippen LogP contribution in [0.25, 0.3) is 66.8 Å². The third-order valence-electron chi connectivity index (χ3n) is 27.6. The fraction of sp³-hybridized carbons (Fsp3) is 0.297. The van der Waals surface area contributed by atoms with E-state index in [-0.39, 0.29) is 59.6 Å². The molecule has 11 aliphatic rings. The van der Waals surface area contributed by atoms with E-state index in [1.807, 2.05) is 225 Å². The zero-order valence-electron chi connectivity index (χ0n) is 78.6. The molecule has 32 heteroatoms. The lowest BCUT2D eigenvalue weighted by Crippen LogP contribution is -2.34. The molecule has 20 rings (SSSR count). The van der Waals surface area contributed by atoms with Crippen molar-refractivity contribution in [2.24, 2.45) is 17.8 Å². The Bertz CT molecular complexity index is 6770. The lowest BCUT2D eigenvalue weighted by atomic mass is 9.86. The van der Waals surface area contributed by atoms with Gasteiger partial charge in [-0.2, -0.15) is 0 Å². The van der Waals surface area contributed by atoms with Gasteiger partial charge in [-0.1, -0.05) is 285 Å². The van der Waals surface area contributed by atoms with Crippen LogP contribution >= 0.6 is 47.0 Å². The first-order valence-corrected chi connectivity index (χ1v) is 51.5. The molecule has 4 saturated heterocycles. The highest BCUT2D eigenvalue weighted by Gasteiger charge is 2.50. The quantitative estimate of drug-likeness (QED) is 0.0289. The Hall–Kier alpha value is -14.3. The number of unbranched alkanes of at least 4 members (excludes halogenated alkanes) is 1. The highest BCUT2D eigenvalue weighted by molar-refractivity contribution is 8.19. The molecule has 0 spiro atoms. The number of carboxylic acid groups (broad SMARTS) is 4. The number of carbonyl (C=O) groups excluding carboxylic acids is 12. The number of carbonyl (C=O) groups is 16. The van der Waals surface area contributed by atoms with Gasteiger partial charge in [0.25, 0.3) is 68.2 Å². The Labute approximate surface area is 842 Å². The molecule has 8 heterocycles. The van der Waals surface area contributed by atoms with Gasteiger partial charge in [0.05, 0.1) is 71.2 Å². The van der Waals surface area contributed by atoms with E-state index in [4.69, 9.17) is 20.4 Å². The first-order chi connectivity index (χ1) is 69.1. The number of fused-ring (bicyclic) bond motifs is 4. The van der Waals surface area contributed by atoms with Gasteiger partial charge in [-0.25, -0.2) is 0 Å². The molecule has 732 valence electrons. The first kappa shape index (κ1) is 100. The molecule has 4 N–H and O–H groups in total. The molecule has 0 bridgehead atoms. The zero-order valence-corrected chi connectivity index (χ0v) is 81.8. The highest BCUT2D eigenvalue weighted by atomic mass is 32.2. The second kappa shape index (κ2) is 44.9. The third-order valence-corrected chi connectivity index (χ3v) is 31.5. The average molecular weight is 2000 g/mol. The molecule has 28 nitrogen and oxygen atoms in total. The summed E-state index contributed by atoms with van der Waals surface area (Å²) in [6, 6.07) is 69.6. The van der Waals surface area contributed by atoms with E-state index in [0.717, 1.165) is 111 Å². The number of aliphatic carboxylic acids is 4. The summed E-state index contributed by atoms with van der Waals surface area (Å²) in [5, 5.41) is 33.8. The van der Waals surface area contributed by atoms with Crippen molar-refractivity contribution < 1.29 is 97.1 Å². The van der Waals surface area contributed by atoms with Gasteiger partial charge in [0.15, 0.2) is 0 Å². The van der Waals surface area contributed by atoms with Gasteiger partial charge in [0.2, 0.25) is 0 Å². The lowest BCUT2D eigenvalue weighted by Gasteiger charge is -2.25. The van der Waals surface area contributed by atoms with Crippen molar-refractivity contribution in [1.82, 2.24) is 19.6 Å². The summed E-state index contributed by atoms with van der Waals surface area (Å²) < 4.78 is 0. The van der Waals surface area contributed by atoms with Crippen LogP contribution in [-0.4, -0.2) is 178 Å². The molecule has 3 saturated carbocycles. The van der Waals surface area contributed by atoms with Crippen LogP contribution in [0, 0.1) is 24.7 Å². The Morgan fingerprint density at radius 1 is 0.266 bits per heavy atom. The number of hydrogen-bond acceptors (Lipinski definition) is 20. The predicted octanol–water partition coefficient (Wildman–Crippen LogP) is 21.4. The zero-order chi connectivity index (χ0) is 100. The second-order valence-electron chi connectivity index (χ2n) is 37.0. The van der Waals surface area contributed by atoms with E-state index in [1.54, 1.807) is 19.6 Å². The minimum absolute atomic E-state index is 0.00687. The number of thioether (sulfide) groups is 4. The Morgan fingerprint density at radius 3 is 0.818 bits per heavy atom. The lowest BCUT2D eigenvalue weighted by molar-refractivity contribution is -0.141. The number of aryl methyl sites for hydroxylation is 1. The molecule has 9 aromatic carbocycles. The van der Waals surface area contributed by atoms with Crippen LogP contribution in [0.4, 0.5) is 41.9 Å². The van der Waals surface area contributed by atoms with Crippen molar-refractivity contribution in [2.75, 3.05) is 65.4 Å². The Balaban J connectivity index is 0.000000131. The Morgan fingerprint density at radius 2 is 0.524 bits per heavy atom. The molecule has 12 amide bonds. The van der Waals surface area contributed by atoms with Gasteiger partial charge in [0, 0.05) is 41.9 Å². The molecular weight excluding hydrogens is 1890 g/mol. The van der Waals surface area contributed by atoms with E-state index < -0.39 is 101 Å². The number of nitrogens with zero attached hydrogens (tertiary/aromatic N) is 8. The molecular formula is C111H104N8O20S4. The molecule has 0 unspecified atom stereocenters. The maximum atomic E-state index is 13.7. The summed E-state index contributed by atoms with van der Waals surface area (Å²) in [5.41, 5.74) is 15.3. The molecule has 0 atom stereocenters. The molecule has 0 aromatic heterocycles. The van der Waals surface area contributed by atoms with Gasteiger partial charge in [-0.15, -0.1) is 0 Å². The summed E-state index contributed by atoms with van der Waals surface area (Å²) in [6.45, 7) is 0.965. The van der Waals surface area contributed by atoms with E-state index in [0.29, 0.717) is 133 Å². The SMILES string of the molecule is Cc1ccc(CN2C(=O)/C(=C3\SC(=O)N(CC(=O)O)C3=O)c3cc(-c4ccccc4)ccc32)cc1.O=C(O)CN1C(=O)S/C(=C2\C(=O)N(CCC3CCCCC3)c3ccc(-c4ccccc4)cc32)C1=O.O=C(O)CN1C(=O)S/C(=C2\C(=O)N(CCCC3CCCCC3)c3ccc(-c4ccccc4)cc32)C1=O.O=C(O)CN1C(=O)S/C(=C2\C(=O)N(CCCCC3CCCCC3)c3ccc(-c4ccccc4)cc32)C1=O. The van der Waals surface area contributed by atoms with E-state index in [9.17, 15) is 76.7 Å². The fourth-order valence-electron chi connectivity index (χ4n) is 20.4. The van der Waals surface area contributed by atoms with Crippen LogP contribution < -0.4 is 19.6 Å². The predicted molar refractivity (Wildman–Crippen MR) is 551 cm³/mol. The Kier molecular flexibility index (Phi) is 31.4. The van der Waals surface area contributed by atoms with Gasteiger partial charge >= 0.3 is 23.9 Å². The van der Waals surface area contributed by atoms with E-state index >= 15 is 0 Å². The van der Waals surface area contributed by atoms with Crippen molar-refractivity contribution in [3.05, 3.63) is 271 Å². The maximum absolute atomic E-state index is 13.7. The van der Waals surface area contributed by atoms with Gasteiger partial charge < -0.3 is 40.0 Å². The largest absolute Gasteiger partial charge is 0.480 e. The normalized spacial score (nSPS) is 19.6. The average Bonchev–Trinajstić information content (AvgIpc) is 1.60. The summed E-state index contributed by atoms with van der Waals surface area (Å²) in [5.74, 6) is -7.34. The fourth-order valence-corrected chi connectivity index (χ4v) is 24.1. The summed E-state index contributed by atoms with van der Waals surface area (Å²) >= 11 is 2.54. The molecule has 8 aliphatic heterocycles. The van der Waals surface area contributed by atoms with Crippen molar-refractivity contribution in [1.29, 1.82) is 0 Å². The second-order valence-corrected chi connectivity index (χ2v) is 40.9. The number of anilines is 4. The van der Waals surface area contributed by atoms with Crippen LogP contribution in [0.15, 0.2) is 238 Å². The topological polar surface area (TPSA) is 380 Å². The number of carboxylic acids is 4. The minimum Gasteiger partial charge on any atom is -0.480 e. The number of imide groups is 4. The standard InChI is InChI=1S/C29H30N2O5S.C28H28N2O5S.C27H20N2O5S.C27H26N2O5S/c32-24(33)18-31-28(35)26(37-29(31)36)25-22-17-21(20-12-5-2-6-13-20)14-15-23(22)30(27(25)34)16-8-7-11-19-9-3-1-4-10-19;31-23(32)17-30-27(34)25(36-28(30)35)24-21-16-20(19-11-5-2-6-12-19)13-14-22(21)29(26(24)33)15-7-10-18-8-3-1-4-9-18;1-16-7-9-17(10-8-16)14-28-21-12-11-19(18-5-3-2-4-6-18)13-20(21)23(25(28)32)24-26(33)29(15-22(30)31)27(34)35-24;30-22(31)16-29-26(33)24(35-27(29)34)23-20-15-19(18-9-5-2-6-10-18)11-12-21(20)28(25(23)32)14-13-17-7-3-1-4-8-17/h2,5-6,12-15,17,19H,1,3-4,7-11,16,18H2,(H,32,33);2,5-6,11-14,16,18H,1,3-4,7-10,15,17H2,(H,31,32);2-13H,14-15H2,1H3,(H,30,31);2,5-6,9-12,15,17H,1,3-4,7-8,13-14,16H2,(H,30,31)/b26-25-;25-24-;2*24-23-. The number of rotatable bonds is 26. The summed E-state index contributed by atoms with van der Waals surface area (Å²) in [6.07, 6.45) is 24.8. The molecule has 0 radical (unpaired) electrons. The molecule has 9 aromatic rings. The summed E-state index contributed by atoms with van der Waals surface area (Å²) in [7, 11) is 0. The maximum Gasteiger partial charge on any atom is 0.323 e. The highest BCUT2D eigenvalue weighted by Crippen LogP contribution is 2.53. The number of hydrogen-bond donors (Lipinski definition) is 4. The van der Waals surface area contributed by atoms with Crippen LogP contribution in [0.3, 0.4) is 0 Å². The van der Waals surface area contributed by atoms with Crippen LogP contribution in [0.2, 0.25) is 0 Å². The van der Waals surface area contributed by atoms with E-state index in [1.165, 1.54) is 103 Å². The monoisotopic (exact) mass is 2000 g/mol. The van der Waals surface area contributed by atoms with Crippen LogP contribution in [0.5, 0.6) is 0 Å². The van der Waals surface area contributed by atoms with Gasteiger partial charge in [-0.3, -0.25) is 96.3 Å². The van der Waals surface area contributed by atoms with Crippen LogP contribution in [-0.2, 0) is 64.1 Å². The van der Waals surface area contributed by atoms with Gasteiger partial charge in [0.1, 0.15) is 26.2 Å². The number of amides is 12. The van der Waals surface area contributed by atoms with Crippen LogP contribution in [0.1, 0.15) is 168 Å². The molecule has 143 heavy (non-hydrogen) atoms. The van der Waals surface area contributed by atoms with Crippen molar-refractivity contribution in [3.63, 3.8) is 0 Å². The molecule has 3 aliphatic carbocycles. The minimum atomic E-state index is -1.30. The summed E-state index contributed by atoms with van der Waals surface area (Å²) in [4.78, 5) is 211. The molecule has 7 fully saturated rings. The third kappa shape index (κ3) is 22.2. The van der Waals surface area contributed by atoms with Crippen molar-refractivity contribution in [2.45, 2.75) is 148 Å². The smallest absolute Gasteiger partial charge is 0.323 e.